The van der Waals surface area contributed by atoms with Crippen LogP contribution >= 0.6 is 0 Å². The van der Waals surface area contributed by atoms with Crippen LogP contribution in [0.2, 0.25) is 0 Å². The topological polar surface area (TPSA) is 116 Å². The summed E-state index contributed by atoms with van der Waals surface area (Å²) in [4.78, 5) is 51.2. The molecule has 2 N–H and O–H groups in total. The Hall–Kier alpha value is -3.72. The number of ether oxygens (including phenoxy) is 1. The SMILES string of the molecule is O=C(OCc1ccccc1)C(CCc1ccccc1)NC1CCC(=O)N2CCCC(C(=O)O)N2C1=O. The number of carboxylic acids is 1. The predicted octanol–water partition coefficient (Wildman–Crippen LogP) is 2.30. The van der Waals surface area contributed by atoms with Crippen LogP contribution in [0, 0.1) is 0 Å². The fourth-order valence-electron chi connectivity index (χ4n) is 4.71. The van der Waals surface area contributed by atoms with Crippen LogP contribution in [0.1, 0.15) is 43.2 Å². The molecular weight excluding hydrogens is 462 g/mol. The molecule has 36 heavy (non-hydrogen) atoms. The van der Waals surface area contributed by atoms with Crippen molar-refractivity contribution in [1.82, 2.24) is 15.3 Å². The van der Waals surface area contributed by atoms with Crippen molar-refractivity contribution in [3.05, 3.63) is 71.8 Å². The Morgan fingerprint density at radius 1 is 1.00 bits per heavy atom. The van der Waals surface area contributed by atoms with E-state index in [0.29, 0.717) is 25.8 Å². The van der Waals surface area contributed by atoms with Gasteiger partial charge in [-0.15, -0.1) is 0 Å². The fraction of sp³-hybridized carbons (Fsp3) is 0.407. The first-order valence-corrected chi connectivity index (χ1v) is 12.3. The summed E-state index contributed by atoms with van der Waals surface area (Å²) in [5.74, 6) is -2.44. The number of hydrogen-bond donors (Lipinski definition) is 2. The van der Waals surface area contributed by atoms with Gasteiger partial charge in [-0.2, -0.15) is 0 Å². The summed E-state index contributed by atoms with van der Waals surface area (Å²) < 4.78 is 5.58. The predicted molar refractivity (Wildman–Crippen MR) is 130 cm³/mol. The molecule has 2 aliphatic rings. The molecule has 190 valence electrons. The van der Waals surface area contributed by atoms with Crippen molar-refractivity contribution < 1.29 is 29.0 Å². The van der Waals surface area contributed by atoms with Crippen LogP contribution in [0.15, 0.2) is 60.7 Å². The second kappa shape index (κ2) is 11.8. The molecule has 2 aromatic carbocycles. The molecule has 3 unspecified atom stereocenters. The largest absolute Gasteiger partial charge is 0.480 e. The van der Waals surface area contributed by atoms with Gasteiger partial charge in [0.15, 0.2) is 6.04 Å². The molecule has 0 saturated carbocycles. The molecule has 4 rings (SSSR count). The van der Waals surface area contributed by atoms with Crippen LogP contribution in [0.4, 0.5) is 0 Å². The monoisotopic (exact) mass is 493 g/mol. The third-order valence-electron chi connectivity index (χ3n) is 6.62. The number of esters is 1. The summed E-state index contributed by atoms with van der Waals surface area (Å²) in [6.45, 7) is 0.402. The van der Waals surface area contributed by atoms with Gasteiger partial charge in [0.25, 0.3) is 5.91 Å². The minimum atomic E-state index is -1.15. The molecule has 0 aliphatic carbocycles. The van der Waals surface area contributed by atoms with Crippen molar-refractivity contribution in [2.75, 3.05) is 6.54 Å². The summed E-state index contributed by atoms with van der Waals surface area (Å²) in [6, 6.07) is 16.2. The quantitative estimate of drug-likeness (QED) is 0.515. The number of amides is 2. The molecule has 2 aliphatic heterocycles. The molecule has 9 heteroatoms. The average Bonchev–Trinajstić information content (AvgIpc) is 3.02. The first-order valence-electron chi connectivity index (χ1n) is 12.3. The van der Waals surface area contributed by atoms with Crippen LogP contribution in [0.25, 0.3) is 0 Å². The van der Waals surface area contributed by atoms with Gasteiger partial charge in [-0.1, -0.05) is 60.7 Å². The average molecular weight is 494 g/mol. The second-order valence-electron chi connectivity index (χ2n) is 9.12. The zero-order valence-corrected chi connectivity index (χ0v) is 20.0. The standard InChI is InChI=1S/C27H31N3O6/c31-24-16-15-21(25(32)30-23(26(33)34)12-7-17-29(24)30)28-22(14-13-19-8-3-1-4-9-19)27(35)36-18-20-10-5-2-6-11-20/h1-6,8-11,21-23,28H,7,12-18H2,(H,33,34). The summed E-state index contributed by atoms with van der Waals surface area (Å²) >= 11 is 0. The number of benzene rings is 2. The Bertz CT molecular complexity index is 1080. The lowest BCUT2D eigenvalue weighted by atomic mass is 10.0. The number of carboxylic acid groups (broad SMARTS) is 1. The first-order chi connectivity index (χ1) is 17.4. The van der Waals surface area contributed by atoms with E-state index in [-0.39, 0.29) is 31.8 Å². The fourth-order valence-corrected chi connectivity index (χ4v) is 4.71. The first kappa shape index (κ1) is 25.4. The maximum absolute atomic E-state index is 13.5. The Labute approximate surface area is 210 Å². The number of aliphatic carboxylic acids is 1. The molecule has 2 heterocycles. The zero-order chi connectivity index (χ0) is 25.5. The molecule has 9 nitrogen and oxygen atoms in total. The van der Waals surface area contributed by atoms with Crippen LogP contribution in [-0.2, 0) is 36.9 Å². The molecule has 0 bridgehead atoms. The highest BCUT2D eigenvalue weighted by Crippen LogP contribution is 2.25. The lowest BCUT2D eigenvalue weighted by Gasteiger charge is -2.42. The highest BCUT2D eigenvalue weighted by atomic mass is 16.5. The van der Waals surface area contributed by atoms with E-state index in [1.807, 2.05) is 60.7 Å². The summed E-state index contributed by atoms with van der Waals surface area (Å²) in [5, 5.41) is 15.2. The minimum Gasteiger partial charge on any atom is -0.480 e. The van der Waals surface area contributed by atoms with Gasteiger partial charge in [0.05, 0.1) is 6.04 Å². The Morgan fingerprint density at radius 2 is 1.67 bits per heavy atom. The van der Waals surface area contributed by atoms with Gasteiger partial charge in [-0.05, 0) is 43.2 Å². The highest BCUT2D eigenvalue weighted by Gasteiger charge is 2.45. The van der Waals surface area contributed by atoms with Crippen molar-refractivity contribution in [1.29, 1.82) is 0 Å². The molecule has 2 fully saturated rings. The smallest absolute Gasteiger partial charge is 0.328 e. The molecule has 0 radical (unpaired) electrons. The molecule has 2 saturated heterocycles. The normalized spacial score (nSPS) is 20.9. The number of fused-ring (bicyclic) bond motifs is 1. The third kappa shape index (κ3) is 6.09. The maximum atomic E-state index is 13.5. The molecule has 3 atom stereocenters. The van der Waals surface area contributed by atoms with Gasteiger partial charge in [0.2, 0.25) is 5.91 Å². The lowest BCUT2D eigenvalue weighted by molar-refractivity contribution is -0.181. The van der Waals surface area contributed by atoms with Crippen LogP contribution in [0.5, 0.6) is 0 Å². The summed E-state index contributed by atoms with van der Waals surface area (Å²) in [5.41, 5.74) is 1.88. The van der Waals surface area contributed by atoms with Crippen LogP contribution < -0.4 is 5.32 Å². The van der Waals surface area contributed by atoms with E-state index in [1.54, 1.807) is 0 Å². The van der Waals surface area contributed by atoms with E-state index < -0.39 is 36.0 Å². The number of rotatable bonds is 9. The number of hydrazine groups is 1. The van der Waals surface area contributed by atoms with E-state index in [9.17, 15) is 24.3 Å². The van der Waals surface area contributed by atoms with Gasteiger partial charge < -0.3 is 9.84 Å². The van der Waals surface area contributed by atoms with Crippen LogP contribution in [0.3, 0.4) is 0 Å². The number of hydrogen-bond acceptors (Lipinski definition) is 6. The van der Waals surface area contributed by atoms with Crippen molar-refractivity contribution in [2.45, 2.75) is 63.3 Å². The van der Waals surface area contributed by atoms with Gasteiger partial charge in [0, 0.05) is 13.0 Å². The number of nitrogens with one attached hydrogen (secondary N) is 1. The summed E-state index contributed by atoms with van der Waals surface area (Å²) in [7, 11) is 0. The Kier molecular flexibility index (Phi) is 8.32. The van der Waals surface area contributed by atoms with E-state index in [0.717, 1.165) is 16.1 Å². The van der Waals surface area contributed by atoms with E-state index in [1.165, 1.54) is 5.01 Å². The van der Waals surface area contributed by atoms with E-state index in [2.05, 4.69) is 5.32 Å². The number of carbonyl (C=O) groups excluding carboxylic acids is 3. The Balaban J connectivity index is 1.51. The highest BCUT2D eigenvalue weighted by molar-refractivity contribution is 5.92. The number of nitrogens with zero attached hydrogens (tertiary/aromatic N) is 2. The number of carbonyl (C=O) groups is 4. The van der Waals surface area contributed by atoms with E-state index >= 15 is 0 Å². The van der Waals surface area contributed by atoms with Gasteiger partial charge >= 0.3 is 11.9 Å². The van der Waals surface area contributed by atoms with Gasteiger partial charge in [-0.25, -0.2) is 9.80 Å². The molecule has 0 spiro atoms. The minimum absolute atomic E-state index is 0.0801. The van der Waals surface area contributed by atoms with Gasteiger partial charge in [0.1, 0.15) is 12.6 Å². The summed E-state index contributed by atoms with van der Waals surface area (Å²) in [6.07, 6.45) is 1.99. The van der Waals surface area contributed by atoms with Crippen molar-refractivity contribution in [3.8, 4) is 0 Å². The van der Waals surface area contributed by atoms with Crippen molar-refractivity contribution >= 4 is 23.8 Å². The maximum Gasteiger partial charge on any atom is 0.328 e. The van der Waals surface area contributed by atoms with Gasteiger partial charge in [-0.3, -0.25) is 24.7 Å². The number of aryl methyl sites for hydroxylation is 1. The Morgan fingerprint density at radius 3 is 2.33 bits per heavy atom. The lowest BCUT2D eigenvalue weighted by Crippen LogP contribution is -2.62. The van der Waals surface area contributed by atoms with Crippen LogP contribution in [-0.4, -0.2) is 63.5 Å². The molecule has 2 amide bonds. The molecule has 2 aromatic rings. The third-order valence-corrected chi connectivity index (χ3v) is 6.62. The van der Waals surface area contributed by atoms with E-state index in [4.69, 9.17) is 4.74 Å². The van der Waals surface area contributed by atoms with Crippen molar-refractivity contribution in [2.24, 2.45) is 0 Å². The zero-order valence-electron chi connectivity index (χ0n) is 20.0. The van der Waals surface area contributed by atoms with Crippen molar-refractivity contribution in [3.63, 3.8) is 0 Å². The molecular formula is C27H31N3O6. The second-order valence-corrected chi connectivity index (χ2v) is 9.12. The molecule has 0 aromatic heterocycles.